The van der Waals surface area contributed by atoms with Crippen LogP contribution >= 0.6 is 24.0 Å². The second kappa shape index (κ2) is 13.6. The number of guanidine groups is 1. The van der Waals surface area contributed by atoms with E-state index in [4.69, 9.17) is 4.74 Å². The summed E-state index contributed by atoms with van der Waals surface area (Å²) in [7, 11) is 3.47. The first kappa shape index (κ1) is 26.5. The molecule has 1 unspecified atom stereocenters. The van der Waals surface area contributed by atoms with Crippen LogP contribution in [0.5, 0.6) is 5.75 Å². The zero-order valence-corrected chi connectivity index (χ0v) is 20.6. The Hall–Kier alpha value is -1.51. The highest BCUT2D eigenvalue weighted by Gasteiger charge is 2.10. The van der Waals surface area contributed by atoms with E-state index in [9.17, 15) is 4.79 Å². The van der Waals surface area contributed by atoms with E-state index in [1.807, 2.05) is 12.1 Å². The highest BCUT2D eigenvalue weighted by Crippen LogP contribution is 2.18. The van der Waals surface area contributed by atoms with Gasteiger partial charge in [0.2, 0.25) is 5.91 Å². The second-order valence-electron chi connectivity index (χ2n) is 7.87. The highest BCUT2D eigenvalue weighted by atomic mass is 127. The summed E-state index contributed by atoms with van der Waals surface area (Å²) in [6.07, 6.45) is 0. The number of hydrogen-bond donors (Lipinski definition) is 2. The van der Waals surface area contributed by atoms with E-state index in [1.54, 1.807) is 19.0 Å². The molecule has 0 spiro atoms. The van der Waals surface area contributed by atoms with Gasteiger partial charge in [0, 0.05) is 20.6 Å². The van der Waals surface area contributed by atoms with Crippen LogP contribution in [0.2, 0.25) is 0 Å². The van der Waals surface area contributed by atoms with Crippen molar-refractivity contribution in [3.8, 4) is 5.75 Å². The van der Waals surface area contributed by atoms with E-state index in [1.165, 1.54) is 0 Å². The first-order chi connectivity index (χ1) is 12.7. The summed E-state index contributed by atoms with van der Waals surface area (Å²) in [5.41, 5.74) is 1.13. The summed E-state index contributed by atoms with van der Waals surface area (Å²) in [5.74, 6) is 2.48. The minimum atomic E-state index is -0.0278. The van der Waals surface area contributed by atoms with Crippen molar-refractivity contribution in [3.63, 3.8) is 0 Å². The number of likely N-dealkylation sites (N-methyl/N-ethyl adjacent to an activating group) is 1. The molecule has 28 heavy (non-hydrogen) atoms. The Morgan fingerprint density at radius 3 is 2.18 bits per heavy atom. The zero-order chi connectivity index (χ0) is 20.4. The van der Waals surface area contributed by atoms with Gasteiger partial charge < -0.3 is 20.3 Å². The van der Waals surface area contributed by atoms with E-state index in [-0.39, 0.29) is 42.5 Å². The number of ether oxygens (including phenoxy) is 1. The van der Waals surface area contributed by atoms with Crippen LogP contribution in [0.25, 0.3) is 0 Å². The second-order valence-corrected chi connectivity index (χ2v) is 7.87. The van der Waals surface area contributed by atoms with Gasteiger partial charge in [-0.15, -0.1) is 24.0 Å². The lowest BCUT2D eigenvalue weighted by molar-refractivity contribution is -0.127. The number of carbonyl (C=O) groups excluding carboxylic acids is 1. The molecule has 7 heteroatoms. The molecule has 0 aliphatic rings. The van der Waals surface area contributed by atoms with E-state index in [0.29, 0.717) is 24.4 Å². The van der Waals surface area contributed by atoms with Crippen molar-refractivity contribution >= 4 is 35.8 Å². The average molecular weight is 504 g/mol. The maximum absolute atomic E-state index is 11.8. The normalized spacial score (nSPS) is 12.4. The molecule has 1 aromatic carbocycles. The number of nitrogens with zero attached hydrogens (tertiary/aromatic N) is 2. The van der Waals surface area contributed by atoms with Crippen LogP contribution in [0, 0.1) is 11.8 Å². The zero-order valence-electron chi connectivity index (χ0n) is 18.3. The number of benzene rings is 1. The lowest BCUT2D eigenvalue weighted by atomic mass is 10.1. The van der Waals surface area contributed by atoms with Gasteiger partial charge in [-0.2, -0.15) is 0 Å². The van der Waals surface area contributed by atoms with Crippen molar-refractivity contribution in [1.29, 1.82) is 0 Å². The van der Waals surface area contributed by atoms with E-state index < -0.39 is 0 Å². The Labute approximate surface area is 187 Å². The van der Waals surface area contributed by atoms with Crippen LogP contribution in [-0.2, 0) is 4.79 Å². The number of aliphatic imine (C=N–C) groups is 1. The molecule has 2 N–H and O–H groups in total. The minimum Gasteiger partial charge on any atom is -0.493 e. The van der Waals surface area contributed by atoms with Crippen LogP contribution in [0.4, 0.5) is 0 Å². The highest BCUT2D eigenvalue weighted by molar-refractivity contribution is 14.0. The van der Waals surface area contributed by atoms with E-state index in [2.05, 4.69) is 62.4 Å². The van der Waals surface area contributed by atoms with Gasteiger partial charge in [-0.25, -0.2) is 4.99 Å². The molecule has 0 aromatic heterocycles. The molecule has 0 bridgehead atoms. The fourth-order valence-electron chi connectivity index (χ4n) is 2.15. The van der Waals surface area contributed by atoms with Gasteiger partial charge in [0.25, 0.3) is 0 Å². The number of amides is 1. The molecule has 1 amide bonds. The van der Waals surface area contributed by atoms with Gasteiger partial charge in [-0.05, 0) is 36.5 Å². The lowest BCUT2D eigenvalue weighted by Crippen LogP contribution is -2.41. The molecule has 0 aliphatic carbocycles. The molecule has 0 saturated heterocycles. The Balaban J connectivity index is 0.00000729. The summed E-state index contributed by atoms with van der Waals surface area (Å²) in [4.78, 5) is 17.8. The molecule has 160 valence electrons. The Morgan fingerprint density at radius 1 is 1.07 bits per heavy atom. The lowest BCUT2D eigenvalue weighted by Gasteiger charge is -2.20. The standard InChI is InChI=1S/C21H36N4O2.HI/c1-15(2)12-22-21(23-13-20(26)25(6)7)24-17(5)18-8-10-19(11-9-18)27-14-16(3)4;/h8-11,15-17H,12-14H2,1-7H3,(H2,22,23,24);1H. The Kier molecular flexibility index (Phi) is 12.9. The molecule has 1 aromatic rings. The number of halogens is 1. The summed E-state index contributed by atoms with van der Waals surface area (Å²) in [6, 6.07) is 8.14. The smallest absolute Gasteiger partial charge is 0.243 e. The molecular weight excluding hydrogens is 467 g/mol. The van der Waals surface area contributed by atoms with Crippen LogP contribution in [-0.4, -0.2) is 50.6 Å². The molecule has 6 nitrogen and oxygen atoms in total. The number of rotatable bonds is 9. The molecule has 0 radical (unpaired) electrons. The first-order valence-corrected chi connectivity index (χ1v) is 9.66. The predicted octanol–water partition coefficient (Wildman–Crippen LogP) is 3.68. The van der Waals surface area contributed by atoms with Gasteiger partial charge in [0.1, 0.15) is 12.3 Å². The summed E-state index contributed by atoms with van der Waals surface area (Å²) >= 11 is 0. The first-order valence-electron chi connectivity index (χ1n) is 9.66. The fourth-order valence-corrected chi connectivity index (χ4v) is 2.15. The van der Waals surface area contributed by atoms with Crippen molar-refractivity contribution in [2.45, 2.75) is 40.7 Å². The average Bonchev–Trinajstić information content (AvgIpc) is 2.61. The number of carbonyl (C=O) groups is 1. The third-order valence-corrected chi connectivity index (χ3v) is 3.87. The van der Waals surface area contributed by atoms with Crippen LogP contribution in [0.1, 0.15) is 46.2 Å². The quantitative estimate of drug-likeness (QED) is 0.306. The maximum Gasteiger partial charge on any atom is 0.243 e. The third-order valence-electron chi connectivity index (χ3n) is 3.87. The fraction of sp³-hybridized carbons (Fsp3) is 0.619. The van der Waals surface area contributed by atoms with Gasteiger partial charge >= 0.3 is 0 Å². The molecule has 0 heterocycles. The molecular formula is C21H37IN4O2. The van der Waals surface area contributed by atoms with Gasteiger partial charge in [-0.3, -0.25) is 4.79 Å². The van der Waals surface area contributed by atoms with Crippen molar-refractivity contribution in [2.24, 2.45) is 16.8 Å². The van der Waals surface area contributed by atoms with Crippen LogP contribution in [0.3, 0.4) is 0 Å². The van der Waals surface area contributed by atoms with Crippen LogP contribution in [0.15, 0.2) is 29.3 Å². The molecule has 0 fully saturated rings. The molecule has 1 rings (SSSR count). The van der Waals surface area contributed by atoms with E-state index >= 15 is 0 Å². The van der Waals surface area contributed by atoms with Crippen molar-refractivity contribution < 1.29 is 9.53 Å². The van der Waals surface area contributed by atoms with E-state index in [0.717, 1.165) is 17.9 Å². The van der Waals surface area contributed by atoms with Crippen LogP contribution < -0.4 is 15.4 Å². The van der Waals surface area contributed by atoms with Gasteiger partial charge in [0.05, 0.1) is 12.6 Å². The van der Waals surface area contributed by atoms with Gasteiger partial charge in [0.15, 0.2) is 5.96 Å². The van der Waals surface area contributed by atoms with Crippen molar-refractivity contribution in [1.82, 2.24) is 15.5 Å². The largest absolute Gasteiger partial charge is 0.493 e. The number of hydrogen-bond acceptors (Lipinski definition) is 3. The summed E-state index contributed by atoms with van der Waals surface area (Å²) in [6.45, 7) is 12.2. The Morgan fingerprint density at radius 2 is 1.68 bits per heavy atom. The van der Waals surface area contributed by atoms with Crippen molar-refractivity contribution in [2.75, 3.05) is 33.8 Å². The maximum atomic E-state index is 11.8. The predicted molar refractivity (Wildman–Crippen MR) is 128 cm³/mol. The topological polar surface area (TPSA) is 66.0 Å². The molecule has 1 atom stereocenters. The summed E-state index contributed by atoms with van der Waals surface area (Å²) < 4.78 is 5.74. The summed E-state index contributed by atoms with van der Waals surface area (Å²) in [5, 5.41) is 6.68. The van der Waals surface area contributed by atoms with Crippen molar-refractivity contribution in [3.05, 3.63) is 29.8 Å². The minimum absolute atomic E-state index is 0. The van der Waals surface area contributed by atoms with Gasteiger partial charge in [-0.1, -0.05) is 39.8 Å². The monoisotopic (exact) mass is 504 g/mol. The number of nitrogens with one attached hydrogen (secondary N) is 2. The molecule has 0 aliphatic heterocycles. The Bertz CT molecular complexity index is 601. The SMILES string of the molecule is CC(C)CNC(=NCC(=O)N(C)C)NC(C)c1ccc(OCC(C)C)cc1.I. The third kappa shape index (κ3) is 10.7. The molecule has 0 saturated carbocycles.